The molecule has 2 unspecified atom stereocenters. The molecule has 0 spiro atoms. The lowest BCUT2D eigenvalue weighted by molar-refractivity contribution is -0.123. The standard InChI is InChI=1S/C18H17BrN4O/c19-12-1-2-14-15(6-12)22-17-16(14)18(21-9-20-17)23-7-10-3-11(8-23)5-13(24)4-10/h1-2,6,9-11H,3-5,7-8H2,(H,20,21,22). The van der Waals surface area contributed by atoms with E-state index in [-0.39, 0.29) is 0 Å². The molecule has 1 aliphatic carbocycles. The fourth-order valence-electron chi connectivity index (χ4n) is 4.44. The summed E-state index contributed by atoms with van der Waals surface area (Å²) in [6.07, 6.45) is 4.26. The third-order valence-corrected chi connectivity index (χ3v) is 5.78. The van der Waals surface area contributed by atoms with Crippen molar-refractivity contribution in [2.75, 3.05) is 18.0 Å². The topological polar surface area (TPSA) is 61.9 Å². The highest BCUT2D eigenvalue weighted by Crippen LogP contribution is 2.38. The Kier molecular flexibility index (Phi) is 3.16. The van der Waals surface area contributed by atoms with Gasteiger partial charge in [-0.1, -0.05) is 22.0 Å². The van der Waals surface area contributed by atoms with Crippen LogP contribution in [0, 0.1) is 11.8 Å². The van der Waals surface area contributed by atoms with Crippen LogP contribution in [-0.2, 0) is 4.79 Å². The number of nitrogens with zero attached hydrogens (tertiary/aromatic N) is 3. The molecular weight excluding hydrogens is 368 g/mol. The van der Waals surface area contributed by atoms with Crippen molar-refractivity contribution in [3.63, 3.8) is 0 Å². The van der Waals surface area contributed by atoms with Gasteiger partial charge < -0.3 is 9.88 Å². The van der Waals surface area contributed by atoms with Crippen molar-refractivity contribution in [2.24, 2.45) is 11.8 Å². The Morgan fingerprint density at radius 1 is 1.17 bits per heavy atom. The minimum absolute atomic E-state index is 0.431. The summed E-state index contributed by atoms with van der Waals surface area (Å²) in [5, 5.41) is 2.24. The average molecular weight is 385 g/mol. The van der Waals surface area contributed by atoms with Crippen LogP contribution in [0.25, 0.3) is 21.9 Å². The molecule has 6 heteroatoms. The number of hydrogen-bond acceptors (Lipinski definition) is 4. The van der Waals surface area contributed by atoms with Crippen LogP contribution in [0.3, 0.4) is 0 Å². The van der Waals surface area contributed by atoms with Gasteiger partial charge in [-0.05, 0) is 30.4 Å². The van der Waals surface area contributed by atoms with E-state index < -0.39 is 0 Å². The number of rotatable bonds is 1. The van der Waals surface area contributed by atoms with E-state index in [1.165, 1.54) is 6.42 Å². The lowest BCUT2D eigenvalue weighted by Crippen LogP contribution is -2.45. The van der Waals surface area contributed by atoms with Crippen LogP contribution in [0.15, 0.2) is 29.0 Å². The molecule has 2 fully saturated rings. The number of benzene rings is 1. The van der Waals surface area contributed by atoms with E-state index in [9.17, 15) is 4.79 Å². The first-order chi connectivity index (χ1) is 11.7. The molecule has 1 aromatic carbocycles. The summed E-state index contributed by atoms with van der Waals surface area (Å²) >= 11 is 3.52. The maximum Gasteiger partial charge on any atom is 0.143 e. The highest BCUT2D eigenvalue weighted by Gasteiger charge is 2.35. The molecule has 3 heterocycles. The third-order valence-electron chi connectivity index (χ3n) is 5.29. The van der Waals surface area contributed by atoms with Crippen LogP contribution in [-0.4, -0.2) is 33.8 Å². The molecule has 2 atom stereocenters. The van der Waals surface area contributed by atoms with Crippen LogP contribution in [0.2, 0.25) is 0 Å². The number of carbonyl (C=O) groups excluding carboxylic acids is 1. The van der Waals surface area contributed by atoms with Crippen molar-refractivity contribution in [3.8, 4) is 0 Å². The van der Waals surface area contributed by atoms with E-state index in [2.05, 4.69) is 54.0 Å². The predicted molar refractivity (Wildman–Crippen MR) is 97.1 cm³/mol. The van der Waals surface area contributed by atoms with E-state index in [4.69, 9.17) is 0 Å². The molecule has 5 nitrogen and oxygen atoms in total. The first kappa shape index (κ1) is 14.4. The summed E-state index contributed by atoms with van der Waals surface area (Å²) in [4.78, 5) is 26.6. The Morgan fingerprint density at radius 3 is 2.75 bits per heavy atom. The highest BCUT2D eigenvalue weighted by atomic mass is 79.9. The first-order valence-electron chi connectivity index (χ1n) is 8.36. The predicted octanol–water partition coefficient (Wildman–Crippen LogP) is 3.68. The zero-order chi connectivity index (χ0) is 16.3. The number of hydrogen-bond donors (Lipinski definition) is 1. The summed E-state index contributed by atoms with van der Waals surface area (Å²) in [5.74, 6) is 2.36. The average Bonchev–Trinajstić information content (AvgIpc) is 2.90. The van der Waals surface area contributed by atoms with Crippen LogP contribution < -0.4 is 4.90 Å². The number of H-pyrrole nitrogens is 1. The Bertz CT molecular complexity index is 950. The molecule has 5 rings (SSSR count). The molecule has 1 saturated carbocycles. The molecule has 0 radical (unpaired) electrons. The van der Waals surface area contributed by atoms with E-state index in [0.29, 0.717) is 17.6 Å². The summed E-state index contributed by atoms with van der Waals surface area (Å²) in [6, 6.07) is 6.24. The van der Waals surface area contributed by atoms with Crippen LogP contribution in [0.4, 0.5) is 5.82 Å². The second-order valence-electron chi connectivity index (χ2n) is 7.06. The summed E-state index contributed by atoms with van der Waals surface area (Å²) in [7, 11) is 0. The number of aromatic amines is 1. The molecular formula is C18H17BrN4O. The highest BCUT2D eigenvalue weighted by molar-refractivity contribution is 9.10. The number of fused-ring (bicyclic) bond motifs is 5. The number of ketones is 1. The smallest absolute Gasteiger partial charge is 0.143 e. The minimum Gasteiger partial charge on any atom is -0.355 e. The summed E-state index contributed by atoms with van der Waals surface area (Å²) in [5.41, 5.74) is 1.94. The quantitative estimate of drug-likeness (QED) is 0.694. The zero-order valence-corrected chi connectivity index (χ0v) is 14.7. The van der Waals surface area contributed by atoms with Gasteiger partial charge in [0.15, 0.2) is 0 Å². The van der Waals surface area contributed by atoms with Gasteiger partial charge in [-0.25, -0.2) is 9.97 Å². The number of anilines is 1. The molecule has 1 N–H and O–H groups in total. The van der Waals surface area contributed by atoms with Crippen LogP contribution >= 0.6 is 15.9 Å². The van der Waals surface area contributed by atoms with Gasteiger partial charge >= 0.3 is 0 Å². The maximum absolute atomic E-state index is 11.8. The number of nitrogens with one attached hydrogen (secondary N) is 1. The zero-order valence-electron chi connectivity index (χ0n) is 13.1. The van der Waals surface area contributed by atoms with E-state index in [1.54, 1.807) is 6.33 Å². The molecule has 2 aliphatic rings. The van der Waals surface area contributed by atoms with Gasteiger partial charge in [-0.15, -0.1) is 0 Å². The van der Waals surface area contributed by atoms with Gasteiger partial charge in [0.25, 0.3) is 0 Å². The van der Waals surface area contributed by atoms with Crippen molar-refractivity contribution in [1.82, 2.24) is 15.0 Å². The van der Waals surface area contributed by atoms with Gasteiger partial charge in [0, 0.05) is 41.3 Å². The molecule has 1 aliphatic heterocycles. The van der Waals surface area contributed by atoms with Gasteiger partial charge in [0.2, 0.25) is 0 Å². The molecule has 2 aromatic heterocycles. The van der Waals surface area contributed by atoms with Crippen molar-refractivity contribution in [3.05, 3.63) is 29.0 Å². The van der Waals surface area contributed by atoms with Crippen LogP contribution in [0.1, 0.15) is 19.3 Å². The summed E-state index contributed by atoms with van der Waals surface area (Å²) < 4.78 is 1.04. The summed E-state index contributed by atoms with van der Waals surface area (Å²) in [6.45, 7) is 1.83. The largest absolute Gasteiger partial charge is 0.355 e. The number of aromatic nitrogens is 3. The van der Waals surface area contributed by atoms with Crippen LogP contribution in [0.5, 0.6) is 0 Å². The van der Waals surface area contributed by atoms with Crippen molar-refractivity contribution >= 4 is 49.5 Å². The number of halogens is 1. The van der Waals surface area contributed by atoms with Crippen molar-refractivity contribution in [1.29, 1.82) is 0 Å². The maximum atomic E-state index is 11.8. The van der Waals surface area contributed by atoms with Crippen molar-refractivity contribution < 1.29 is 4.79 Å². The monoisotopic (exact) mass is 384 g/mol. The number of Topliss-reactive ketones (excluding diaryl/α,β-unsaturated/α-hetero) is 1. The fraction of sp³-hybridized carbons (Fsp3) is 0.389. The van der Waals surface area contributed by atoms with Gasteiger partial charge in [0.1, 0.15) is 23.6 Å². The minimum atomic E-state index is 0.431. The second-order valence-corrected chi connectivity index (χ2v) is 7.97. The van der Waals surface area contributed by atoms with Gasteiger partial charge in [-0.3, -0.25) is 4.79 Å². The Balaban J connectivity index is 1.64. The lowest BCUT2D eigenvalue weighted by atomic mass is 9.77. The molecule has 1 saturated heterocycles. The second kappa shape index (κ2) is 5.28. The normalized spacial score (nSPS) is 24.0. The van der Waals surface area contributed by atoms with E-state index in [0.717, 1.165) is 58.2 Å². The SMILES string of the molecule is O=C1CC2CC(C1)CN(c1ncnc3[nH]c4cc(Br)ccc4c13)C2. The van der Waals surface area contributed by atoms with Crippen molar-refractivity contribution in [2.45, 2.75) is 19.3 Å². The molecule has 2 bridgehead atoms. The van der Waals surface area contributed by atoms with E-state index >= 15 is 0 Å². The number of carbonyl (C=O) groups is 1. The molecule has 3 aromatic rings. The Morgan fingerprint density at radius 2 is 1.96 bits per heavy atom. The lowest BCUT2D eigenvalue weighted by Gasteiger charge is -2.41. The first-order valence-corrected chi connectivity index (χ1v) is 9.15. The Hall–Kier alpha value is -1.95. The molecule has 0 amide bonds. The Labute approximate surface area is 147 Å². The molecule has 122 valence electrons. The molecule has 24 heavy (non-hydrogen) atoms. The van der Waals surface area contributed by atoms with E-state index in [1.807, 2.05) is 0 Å². The van der Waals surface area contributed by atoms with Gasteiger partial charge in [0.05, 0.1) is 5.39 Å². The third kappa shape index (κ3) is 2.24. The fourth-order valence-corrected chi connectivity index (χ4v) is 4.80. The number of piperidine rings is 1. The van der Waals surface area contributed by atoms with Gasteiger partial charge in [-0.2, -0.15) is 0 Å².